The second kappa shape index (κ2) is 7.00. The van der Waals surface area contributed by atoms with Gasteiger partial charge in [0, 0.05) is 5.69 Å². The topological polar surface area (TPSA) is 61.4 Å². The number of carbonyl (C=O) groups is 1. The van der Waals surface area contributed by atoms with E-state index < -0.39 is 28.8 Å². The first kappa shape index (κ1) is 17.9. The SMILES string of the molecule is CC(NC(=O)Nc1ccc(Cl)c(C(F)(F)F)c1)c1ccc(O)cc1. The molecule has 1 atom stereocenters. The molecule has 3 N–H and O–H groups in total. The number of urea groups is 1. The molecule has 0 aliphatic heterocycles. The van der Waals surface area contributed by atoms with Gasteiger partial charge in [-0.25, -0.2) is 4.79 Å². The van der Waals surface area contributed by atoms with Crippen LogP contribution in [0.5, 0.6) is 5.75 Å². The summed E-state index contributed by atoms with van der Waals surface area (Å²) in [6.07, 6.45) is -4.61. The Bertz CT molecular complexity index is 733. The first-order chi connectivity index (χ1) is 11.2. The number of amides is 2. The number of nitrogens with one attached hydrogen (secondary N) is 2. The smallest absolute Gasteiger partial charge is 0.417 e. The quantitative estimate of drug-likeness (QED) is 0.727. The Kier molecular flexibility index (Phi) is 5.23. The second-order valence-electron chi connectivity index (χ2n) is 5.10. The van der Waals surface area contributed by atoms with E-state index in [4.69, 9.17) is 11.6 Å². The standard InChI is InChI=1S/C16H14ClF3N2O2/c1-9(10-2-5-12(23)6-3-10)21-15(24)22-11-4-7-14(17)13(8-11)16(18,19)20/h2-9,23H,1H3,(H2,21,22,24). The van der Waals surface area contributed by atoms with Gasteiger partial charge >= 0.3 is 12.2 Å². The Hall–Kier alpha value is -2.41. The van der Waals surface area contributed by atoms with E-state index in [0.717, 1.165) is 17.7 Å². The Morgan fingerprint density at radius 3 is 2.38 bits per heavy atom. The van der Waals surface area contributed by atoms with Gasteiger partial charge in [0.2, 0.25) is 0 Å². The van der Waals surface area contributed by atoms with E-state index in [2.05, 4.69) is 10.6 Å². The summed E-state index contributed by atoms with van der Waals surface area (Å²) in [5.74, 6) is 0.0937. The summed E-state index contributed by atoms with van der Waals surface area (Å²) in [6, 6.07) is 8.26. The molecule has 24 heavy (non-hydrogen) atoms. The number of rotatable bonds is 3. The van der Waals surface area contributed by atoms with Gasteiger partial charge in [-0.15, -0.1) is 0 Å². The lowest BCUT2D eigenvalue weighted by molar-refractivity contribution is -0.137. The van der Waals surface area contributed by atoms with Crippen LogP contribution in [0.25, 0.3) is 0 Å². The molecule has 2 amide bonds. The zero-order valence-electron chi connectivity index (χ0n) is 12.5. The number of phenolic OH excluding ortho intramolecular Hbond substituents is 1. The molecule has 0 heterocycles. The van der Waals surface area contributed by atoms with Gasteiger partial charge < -0.3 is 15.7 Å². The maximum atomic E-state index is 12.8. The molecule has 0 aliphatic rings. The molecule has 0 saturated heterocycles. The summed E-state index contributed by atoms with van der Waals surface area (Å²) in [7, 11) is 0. The second-order valence-corrected chi connectivity index (χ2v) is 5.51. The van der Waals surface area contributed by atoms with Crippen molar-refractivity contribution in [2.75, 3.05) is 5.32 Å². The van der Waals surface area contributed by atoms with Gasteiger partial charge in [0.25, 0.3) is 0 Å². The van der Waals surface area contributed by atoms with E-state index >= 15 is 0 Å². The van der Waals surface area contributed by atoms with Gasteiger partial charge in [0.1, 0.15) is 5.75 Å². The summed E-state index contributed by atoms with van der Waals surface area (Å²) < 4.78 is 38.4. The van der Waals surface area contributed by atoms with Crippen molar-refractivity contribution in [2.24, 2.45) is 0 Å². The van der Waals surface area contributed by atoms with E-state index in [1.165, 1.54) is 18.2 Å². The van der Waals surface area contributed by atoms with Gasteiger partial charge in [-0.2, -0.15) is 13.2 Å². The minimum absolute atomic E-state index is 0.0258. The third kappa shape index (κ3) is 4.55. The molecule has 0 spiro atoms. The van der Waals surface area contributed by atoms with Crippen LogP contribution >= 0.6 is 11.6 Å². The summed E-state index contributed by atoms with van der Waals surface area (Å²) >= 11 is 5.53. The lowest BCUT2D eigenvalue weighted by Gasteiger charge is -2.16. The molecular formula is C16H14ClF3N2O2. The molecule has 8 heteroatoms. The van der Waals surface area contributed by atoms with Gasteiger partial charge in [0.15, 0.2) is 0 Å². The van der Waals surface area contributed by atoms with Crippen LogP contribution in [-0.2, 0) is 6.18 Å². The highest BCUT2D eigenvalue weighted by Gasteiger charge is 2.33. The number of carbonyl (C=O) groups excluding carboxylic acids is 1. The minimum Gasteiger partial charge on any atom is -0.508 e. The van der Waals surface area contributed by atoms with Crippen LogP contribution in [0.3, 0.4) is 0 Å². The number of alkyl halides is 3. The Labute approximate surface area is 141 Å². The predicted octanol–water partition coefficient (Wildman–Crippen LogP) is 4.95. The number of hydrogen-bond acceptors (Lipinski definition) is 2. The highest BCUT2D eigenvalue weighted by atomic mass is 35.5. The molecule has 0 saturated carbocycles. The molecule has 1 unspecified atom stereocenters. The van der Waals surface area contributed by atoms with Gasteiger partial charge in [0.05, 0.1) is 16.6 Å². The van der Waals surface area contributed by atoms with Gasteiger partial charge in [-0.3, -0.25) is 0 Å². The highest BCUT2D eigenvalue weighted by Crippen LogP contribution is 2.36. The fourth-order valence-electron chi connectivity index (χ4n) is 2.03. The summed E-state index contributed by atoms with van der Waals surface area (Å²) in [4.78, 5) is 11.9. The van der Waals surface area contributed by atoms with Crippen molar-refractivity contribution in [1.29, 1.82) is 0 Å². The first-order valence-electron chi connectivity index (χ1n) is 6.90. The van der Waals surface area contributed by atoms with Crippen LogP contribution < -0.4 is 10.6 Å². The van der Waals surface area contributed by atoms with E-state index in [-0.39, 0.29) is 11.4 Å². The fourth-order valence-corrected chi connectivity index (χ4v) is 2.26. The van der Waals surface area contributed by atoms with E-state index in [1.54, 1.807) is 19.1 Å². The first-order valence-corrected chi connectivity index (χ1v) is 7.28. The normalized spacial score (nSPS) is 12.5. The number of anilines is 1. The van der Waals surface area contributed by atoms with Crippen molar-refractivity contribution < 1.29 is 23.1 Å². The van der Waals surface area contributed by atoms with Gasteiger partial charge in [-0.05, 0) is 42.8 Å². The van der Waals surface area contributed by atoms with E-state index in [9.17, 15) is 23.1 Å². The number of benzene rings is 2. The van der Waals surface area contributed by atoms with Crippen molar-refractivity contribution in [1.82, 2.24) is 5.32 Å². The Morgan fingerprint density at radius 1 is 1.17 bits per heavy atom. The molecule has 0 radical (unpaired) electrons. The number of aromatic hydroxyl groups is 1. The molecule has 0 fully saturated rings. The monoisotopic (exact) mass is 358 g/mol. The number of phenols is 1. The maximum Gasteiger partial charge on any atom is 0.417 e. The maximum absolute atomic E-state index is 12.8. The van der Waals surface area contributed by atoms with Crippen LogP contribution in [0.15, 0.2) is 42.5 Å². The van der Waals surface area contributed by atoms with Crippen LogP contribution in [-0.4, -0.2) is 11.1 Å². The molecule has 2 aromatic rings. The predicted molar refractivity (Wildman–Crippen MR) is 85.1 cm³/mol. The van der Waals surface area contributed by atoms with E-state index in [1.807, 2.05) is 0 Å². The van der Waals surface area contributed by atoms with Crippen molar-refractivity contribution in [3.8, 4) is 5.75 Å². The molecule has 2 aromatic carbocycles. The zero-order chi connectivity index (χ0) is 17.9. The summed E-state index contributed by atoms with van der Waals surface area (Å²) in [5.41, 5.74) is -0.314. The van der Waals surface area contributed by atoms with E-state index in [0.29, 0.717) is 0 Å². The molecule has 4 nitrogen and oxygen atoms in total. The Balaban J connectivity index is 2.06. The summed E-state index contributed by atoms with van der Waals surface area (Å²) in [5, 5.41) is 13.7. The van der Waals surface area contributed by atoms with Crippen molar-refractivity contribution >= 4 is 23.3 Å². The molecule has 0 bridgehead atoms. The Morgan fingerprint density at radius 2 is 1.79 bits per heavy atom. The number of halogens is 4. The molecule has 128 valence electrons. The van der Waals surface area contributed by atoms with Crippen molar-refractivity contribution in [3.63, 3.8) is 0 Å². The molecule has 0 aliphatic carbocycles. The fraction of sp³-hybridized carbons (Fsp3) is 0.188. The average molecular weight is 359 g/mol. The zero-order valence-corrected chi connectivity index (χ0v) is 13.2. The van der Waals surface area contributed by atoms with Crippen molar-refractivity contribution in [2.45, 2.75) is 19.1 Å². The number of hydrogen-bond donors (Lipinski definition) is 3. The molecule has 2 rings (SSSR count). The third-order valence-corrected chi connectivity index (χ3v) is 3.60. The van der Waals surface area contributed by atoms with Crippen LogP contribution in [0, 0.1) is 0 Å². The largest absolute Gasteiger partial charge is 0.508 e. The van der Waals surface area contributed by atoms with Crippen molar-refractivity contribution in [3.05, 3.63) is 58.6 Å². The lowest BCUT2D eigenvalue weighted by atomic mass is 10.1. The average Bonchev–Trinajstić information content (AvgIpc) is 2.48. The van der Waals surface area contributed by atoms with Crippen LogP contribution in [0.2, 0.25) is 5.02 Å². The molecular weight excluding hydrogens is 345 g/mol. The van der Waals surface area contributed by atoms with Crippen LogP contribution in [0.1, 0.15) is 24.1 Å². The molecule has 0 aromatic heterocycles. The van der Waals surface area contributed by atoms with Gasteiger partial charge in [-0.1, -0.05) is 23.7 Å². The minimum atomic E-state index is -4.61. The lowest BCUT2D eigenvalue weighted by Crippen LogP contribution is -2.31. The van der Waals surface area contributed by atoms with Crippen LogP contribution in [0.4, 0.5) is 23.7 Å². The third-order valence-electron chi connectivity index (χ3n) is 3.27. The highest BCUT2D eigenvalue weighted by molar-refractivity contribution is 6.31. The summed E-state index contributed by atoms with van der Waals surface area (Å²) in [6.45, 7) is 1.70.